The van der Waals surface area contributed by atoms with Gasteiger partial charge in [-0.3, -0.25) is 9.59 Å². The van der Waals surface area contributed by atoms with Gasteiger partial charge in [-0.05, 0) is 34.9 Å². The van der Waals surface area contributed by atoms with Gasteiger partial charge in [0.1, 0.15) is 0 Å². The molecule has 0 spiro atoms. The second-order valence-corrected chi connectivity index (χ2v) is 3.89. The minimum Gasteiger partial charge on any atom is -0.359 e. The van der Waals surface area contributed by atoms with Crippen molar-refractivity contribution >= 4 is 29.7 Å². The van der Waals surface area contributed by atoms with Gasteiger partial charge in [0.05, 0.1) is 0 Å². The lowest BCUT2D eigenvalue weighted by molar-refractivity contribution is -0.116. The molecule has 0 saturated heterocycles. The predicted octanol–water partition coefficient (Wildman–Crippen LogP) is 1.01. The van der Waals surface area contributed by atoms with Crippen molar-refractivity contribution in [2.45, 2.75) is 6.42 Å². The van der Waals surface area contributed by atoms with Crippen LogP contribution in [0.25, 0.3) is 6.08 Å². The van der Waals surface area contributed by atoms with Gasteiger partial charge in [-0.2, -0.15) is 11.3 Å². The fraction of sp³-hybridized carbons (Fsp3) is 0.273. The van der Waals surface area contributed by atoms with Gasteiger partial charge in [-0.15, -0.1) is 0 Å². The smallest absolute Gasteiger partial charge is 0.244 e. The molecule has 0 bridgehead atoms. The minimum atomic E-state index is -0.114. The van der Waals surface area contributed by atoms with E-state index in [-0.39, 0.29) is 5.91 Å². The molecular weight excluding hydrogens is 224 g/mol. The molecule has 0 aliphatic heterocycles. The van der Waals surface area contributed by atoms with Crippen molar-refractivity contribution in [3.8, 4) is 0 Å². The van der Waals surface area contributed by atoms with Crippen LogP contribution in [0.15, 0.2) is 22.9 Å². The van der Waals surface area contributed by atoms with Gasteiger partial charge in [0.25, 0.3) is 0 Å². The summed E-state index contributed by atoms with van der Waals surface area (Å²) >= 11 is 1.59. The summed E-state index contributed by atoms with van der Waals surface area (Å²) in [5.41, 5.74) is 1.03. The fourth-order valence-corrected chi connectivity index (χ4v) is 1.69. The summed E-state index contributed by atoms with van der Waals surface area (Å²) in [4.78, 5) is 21.2. The quantitative estimate of drug-likeness (QED) is 0.423. The van der Waals surface area contributed by atoms with Crippen LogP contribution >= 0.6 is 11.3 Å². The molecule has 5 heteroatoms. The van der Waals surface area contributed by atoms with Crippen LogP contribution in [0, 0.1) is 0 Å². The topological polar surface area (TPSA) is 58.2 Å². The summed E-state index contributed by atoms with van der Waals surface area (Å²) in [6.07, 6.45) is 4.67. The van der Waals surface area contributed by atoms with Gasteiger partial charge in [0, 0.05) is 19.2 Å². The third-order valence-electron chi connectivity index (χ3n) is 1.85. The van der Waals surface area contributed by atoms with E-state index in [1.807, 2.05) is 16.8 Å². The van der Waals surface area contributed by atoms with Gasteiger partial charge >= 0.3 is 0 Å². The molecule has 0 aliphatic rings. The number of amides is 2. The van der Waals surface area contributed by atoms with E-state index in [9.17, 15) is 9.59 Å². The van der Waals surface area contributed by atoms with Crippen molar-refractivity contribution in [1.82, 2.24) is 10.6 Å². The van der Waals surface area contributed by atoms with Gasteiger partial charge in [0.2, 0.25) is 12.3 Å². The maximum absolute atomic E-state index is 11.3. The highest BCUT2D eigenvalue weighted by atomic mass is 32.1. The second kappa shape index (κ2) is 7.64. The summed E-state index contributed by atoms with van der Waals surface area (Å²) < 4.78 is 0. The molecule has 4 nitrogen and oxygen atoms in total. The lowest BCUT2D eigenvalue weighted by Gasteiger charge is -2.00. The summed E-state index contributed by atoms with van der Waals surface area (Å²) in [5, 5.41) is 9.18. The molecule has 1 rings (SSSR count). The second-order valence-electron chi connectivity index (χ2n) is 3.11. The standard InChI is InChI=1S/C11H14N2O2S/c14-9-12-5-1-6-13-11(15)3-2-10-4-7-16-8-10/h2-4,7-9H,1,5-6H2,(H,12,14)(H,13,15)/b3-2+. The molecule has 0 radical (unpaired) electrons. The fourth-order valence-electron chi connectivity index (χ4n) is 1.06. The summed E-state index contributed by atoms with van der Waals surface area (Å²) in [5.74, 6) is -0.114. The molecule has 16 heavy (non-hydrogen) atoms. The van der Waals surface area contributed by atoms with E-state index in [1.165, 1.54) is 6.08 Å². The van der Waals surface area contributed by atoms with Crippen LogP contribution in [-0.4, -0.2) is 25.4 Å². The third-order valence-corrected chi connectivity index (χ3v) is 2.55. The number of carbonyl (C=O) groups excluding carboxylic acids is 2. The molecule has 0 saturated carbocycles. The Kier molecular flexibility index (Phi) is 5.95. The zero-order chi connectivity index (χ0) is 11.6. The maximum atomic E-state index is 11.3. The van der Waals surface area contributed by atoms with Crippen molar-refractivity contribution in [3.63, 3.8) is 0 Å². The van der Waals surface area contributed by atoms with Crippen LogP contribution in [-0.2, 0) is 9.59 Å². The SMILES string of the molecule is O=CNCCCNC(=O)/C=C/c1ccsc1. The Morgan fingerprint density at radius 3 is 3.00 bits per heavy atom. The predicted molar refractivity (Wildman–Crippen MR) is 65.0 cm³/mol. The Hall–Kier alpha value is -1.62. The van der Waals surface area contributed by atoms with Crippen molar-refractivity contribution < 1.29 is 9.59 Å². The highest BCUT2D eigenvalue weighted by molar-refractivity contribution is 7.08. The molecule has 0 aromatic carbocycles. The number of rotatable bonds is 7. The molecule has 0 atom stereocenters. The Morgan fingerprint density at radius 1 is 1.44 bits per heavy atom. The van der Waals surface area contributed by atoms with E-state index in [0.29, 0.717) is 19.5 Å². The first-order valence-corrected chi connectivity index (χ1v) is 5.92. The normalized spacial score (nSPS) is 10.2. The van der Waals surface area contributed by atoms with Crippen LogP contribution in [0.2, 0.25) is 0 Å². The number of thiophene rings is 1. The molecule has 1 heterocycles. The van der Waals surface area contributed by atoms with Crippen LogP contribution in [0.3, 0.4) is 0 Å². The molecule has 0 unspecified atom stereocenters. The lowest BCUT2D eigenvalue weighted by atomic mass is 10.3. The Labute approximate surface area is 98.4 Å². The van der Waals surface area contributed by atoms with E-state index in [2.05, 4.69) is 10.6 Å². The number of hydrogen-bond acceptors (Lipinski definition) is 3. The highest BCUT2D eigenvalue weighted by Gasteiger charge is 1.94. The Bertz CT molecular complexity index is 347. The van der Waals surface area contributed by atoms with Crippen molar-refractivity contribution in [3.05, 3.63) is 28.5 Å². The summed E-state index contributed by atoms with van der Waals surface area (Å²) in [7, 11) is 0. The first-order valence-electron chi connectivity index (χ1n) is 4.98. The molecule has 2 amide bonds. The average molecular weight is 238 g/mol. The van der Waals surface area contributed by atoms with Crippen molar-refractivity contribution in [2.75, 3.05) is 13.1 Å². The van der Waals surface area contributed by atoms with Crippen molar-refractivity contribution in [2.24, 2.45) is 0 Å². The van der Waals surface area contributed by atoms with Crippen LogP contribution in [0.5, 0.6) is 0 Å². The molecule has 2 N–H and O–H groups in total. The molecule has 86 valence electrons. The van der Waals surface area contributed by atoms with E-state index >= 15 is 0 Å². The largest absolute Gasteiger partial charge is 0.359 e. The number of hydrogen-bond donors (Lipinski definition) is 2. The lowest BCUT2D eigenvalue weighted by Crippen LogP contribution is -2.25. The zero-order valence-corrected chi connectivity index (χ0v) is 9.63. The Balaban J connectivity index is 2.13. The van der Waals surface area contributed by atoms with Gasteiger partial charge in [0.15, 0.2) is 0 Å². The summed E-state index contributed by atoms with van der Waals surface area (Å²) in [6, 6.07) is 1.95. The molecule has 0 fully saturated rings. The number of carbonyl (C=O) groups is 2. The average Bonchev–Trinajstić information content (AvgIpc) is 2.79. The third kappa shape index (κ3) is 5.31. The molecule has 1 aromatic heterocycles. The van der Waals surface area contributed by atoms with Gasteiger partial charge in [-0.25, -0.2) is 0 Å². The van der Waals surface area contributed by atoms with Crippen LogP contribution < -0.4 is 10.6 Å². The number of nitrogens with one attached hydrogen (secondary N) is 2. The zero-order valence-electron chi connectivity index (χ0n) is 8.81. The van der Waals surface area contributed by atoms with Crippen molar-refractivity contribution in [1.29, 1.82) is 0 Å². The van der Waals surface area contributed by atoms with Gasteiger partial charge < -0.3 is 10.6 Å². The molecule has 0 aliphatic carbocycles. The Morgan fingerprint density at radius 2 is 2.31 bits per heavy atom. The highest BCUT2D eigenvalue weighted by Crippen LogP contribution is 2.07. The summed E-state index contributed by atoms with van der Waals surface area (Å²) in [6.45, 7) is 1.14. The van der Waals surface area contributed by atoms with Crippen LogP contribution in [0.4, 0.5) is 0 Å². The van der Waals surface area contributed by atoms with Crippen LogP contribution in [0.1, 0.15) is 12.0 Å². The monoisotopic (exact) mass is 238 g/mol. The molecule has 1 aromatic rings. The van der Waals surface area contributed by atoms with E-state index in [0.717, 1.165) is 12.0 Å². The van der Waals surface area contributed by atoms with E-state index in [1.54, 1.807) is 17.4 Å². The maximum Gasteiger partial charge on any atom is 0.244 e. The first kappa shape index (κ1) is 12.4. The first-order chi connectivity index (χ1) is 7.83. The van der Waals surface area contributed by atoms with E-state index in [4.69, 9.17) is 0 Å². The molecular formula is C11H14N2O2S. The van der Waals surface area contributed by atoms with Gasteiger partial charge in [-0.1, -0.05) is 0 Å². The van der Waals surface area contributed by atoms with E-state index < -0.39 is 0 Å². The minimum absolute atomic E-state index is 0.114.